The summed E-state index contributed by atoms with van der Waals surface area (Å²) in [6, 6.07) is 5.87. The molecule has 0 fully saturated rings. The SMILES string of the molecule is CCCOc1ccc(CCN)c(OCc2ncnn2C)c1. The van der Waals surface area contributed by atoms with E-state index in [1.165, 1.54) is 6.33 Å². The molecule has 0 radical (unpaired) electrons. The summed E-state index contributed by atoms with van der Waals surface area (Å²) in [4.78, 5) is 4.15. The van der Waals surface area contributed by atoms with Crippen molar-refractivity contribution in [1.82, 2.24) is 14.8 Å². The predicted octanol–water partition coefficient (Wildman–Crippen LogP) is 1.68. The highest BCUT2D eigenvalue weighted by Crippen LogP contribution is 2.26. The summed E-state index contributed by atoms with van der Waals surface area (Å²) >= 11 is 0. The molecule has 0 saturated carbocycles. The molecular weight excluding hydrogens is 268 g/mol. The van der Waals surface area contributed by atoms with E-state index in [1.54, 1.807) is 4.68 Å². The summed E-state index contributed by atoms with van der Waals surface area (Å²) in [6.45, 7) is 3.72. The highest BCUT2D eigenvalue weighted by Gasteiger charge is 2.08. The number of hydrogen-bond donors (Lipinski definition) is 1. The first-order valence-electron chi connectivity index (χ1n) is 7.16. The number of aromatic nitrogens is 3. The van der Waals surface area contributed by atoms with E-state index in [4.69, 9.17) is 15.2 Å². The zero-order valence-electron chi connectivity index (χ0n) is 12.6. The largest absolute Gasteiger partial charge is 0.493 e. The molecule has 0 aliphatic heterocycles. The molecule has 114 valence electrons. The van der Waals surface area contributed by atoms with Gasteiger partial charge in [0.05, 0.1) is 6.61 Å². The average Bonchev–Trinajstić information content (AvgIpc) is 2.90. The zero-order valence-corrected chi connectivity index (χ0v) is 12.6. The fourth-order valence-corrected chi connectivity index (χ4v) is 1.93. The van der Waals surface area contributed by atoms with Gasteiger partial charge in [-0.15, -0.1) is 0 Å². The Balaban J connectivity index is 2.11. The molecule has 0 saturated heterocycles. The number of rotatable bonds is 8. The van der Waals surface area contributed by atoms with Crippen LogP contribution in [0.5, 0.6) is 11.5 Å². The lowest BCUT2D eigenvalue weighted by atomic mass is 10.1. The van der Waals surface area contributed by atoms with E-state index in [1.807, 2.05) is 25.2 Å². The maximum Gasteiger partial charge on any atom is 0.164 e. The molecule has 2 N–H and O–H groups in total. The van der Waals surface area contributed by atoms with E-state index in [2.05, 4.69) is 17.0 Å². The second kappa shape index (κ2) is 7.64. The maximum atomic E-state index is 5.88. The molecule has 0 atom stereocenters. The Kier molecular flexibility index (Phi) is 5.57. The highest BCUT2D eigenvalue weighted by atomic mass is 16.5. The van der Waals surface area contributed by atoms with Gasteiger partial charge >= 0.3 is 0 Å². The van der Waals surface area contributed by atoms with Gasteiger partial charge in [-0.1, -0.05) is 13.0 Å². The van der Waals surface area contributed by atoms with Crippen LogP contribution in [0.15, 0.2) is 24.5 Å². The van der Waals surface area contributed by atoms with E-state index < -0.39 is 0 Å². The highest BCUT2D eigenvalue weighted by molar-refractivity contribution is 5.41. The molecule has 0 amide bonds. The van der Waals surface area contributed by atoms with Crippen LogP contribution in [0.2, 0.25) is 0 Å². The van der Waals surface area contributed by atoms with E-state index in [0.717, 1.165) is 35.7 Å². The number of ether oxygens (including phenoxy) is 2. The lowest BCUT2D eigenvalue weighted by Crippen LogP contribution is -2.08. The van der Waals surface area contributed by atoms with Gasteiger partial charge < -0.3 is 15.2 Å². The normalized spacial score (nSPS) is 10.6. The van der Waals surface area contributed by atoms with Crippen LogP contribution in [0.3, 0.4) is 0 Å². The van der Waals surface area contributed by atoms with E-state index in [9.17, 15) is 0 Å². The third-order valence-corrected chi connectivity index (χ3v) is 3.09. The van der Waals surface area contributed by atoms with Crippen LogP contribution in [0.25, 0.3) is 0 Å². The van der Waals surface area contributed by atoms with Crippen molar-refractivity contribution in [2.45, 2.75) is 26.4 Å². The van der Waals surface area contributed by atoms with Crippen molar-refractivity contribution in [1.29, 1.82) is 0 Å². The van der Waals surface area contributed by atoms with Crippen molar-refractivity contribution >= 4 is 0 Å². The van der Waals surface area contributed by atoms with Crippen LogP contribution in [-0.4, -0.2) is 27.9 Å². The van der Waals surface area contributed by atoms with Crippen molar-refractivity contribution in [3.63, 3.8) is 0 Å². The van der Waals surface area contributed by atoms with Gasteiger partial charge in [0.2, 0.25) is 0 Å². The standard InChI is InChI=1S/C15H22N4O2/c1-3-8-20-13-5-4-12(6-7-16)14(9-13)21-10-15-17-11-18-19(15)2/h4-5,9,11H,3,6-8,10,16H2,1-2H3. The molecule has 0 aliphatic carbocycles. The minimum Gasteiger partial charge on any atom is -0.493 e. The maximum absolute atomic E-state index is 5.88. The Hall–Kier alpha value is -2.08. The van der Waals surface area contributed by atoms with E-state index in [-0.39, 0.29) is 0 Å². The van der Waals surface area contributed by atoms with Gasteiger partial charge in [0.1, 0.15) is 24.4 Å². The van der Waals surface area contributed by atoms with Crippen LogP contribution in [0.4, 0.5) is 0 Å². The quantitative estimate of drug-likeness (QED) is 0.800. The number of nitrogens with two attached hydrogens (primary N) is 1. The van der Waals surface area contributed by atoms with Crippen molar-refractivity contribution in [2.24, 2.45) is 12.8 Å². The second-order valence-corrected chi connectivity index (χ2v) is 4.75. The van der Waals surface area contributed by atoms with Crippen molar-refractivity contribution in [2.75, 3.05) is 13.2 Å². The van der Waals surface area contributed by atoms with Gasteiger partial charge in [0, 0.05) is 13.1 Å². The van der Waals surface area contributed by atoms with E-state index >= 15 is 0 Å². The molecule has 0 aliphatic rings. The summed E-state index contributed by atoms with van der Waals surface area (Å²) in [5.74, 6) is 2.37. The molecule has 0 bridgehead atoms. The topological polar surface area (TPSA) is 75.2 Å². The average molecular weight is 290 g/mol. The van der Waals surface area contributed by atoms with Crippen molar-refractivity contribution < 1.29 is 9.47 Å². The predicted molar refractivity (Wildman–Crippen MR) is 80.3 cm³/mol. The van der Waals surface area contributed by atoms with Gasteiger partial charge in [0.15, 0.2) is 5.82 Å². The van der Waals surface area contributed by atoms with Crippen LogP contribution >= 0.6 is 0 Å². The van der Waals surface area contributed by atoms with Crippen LogP contribution < -0.4 is 15.2 Å². The molecule has 6 heteroatoms. The van der Waals surface area contributed by atoms with Gasteiger partial charge in [-0.2, -0.15) is 5.10 Å². The fourth-order valence-electron chi connectivity index (χ4n) is 1.93. The third kappa shape index (κ3) is 4.19. The summed E-state index contributed by atoms with van der Waals surface area (Å²) in [6.07, 6.45) is 3.25. The molecule has 21 heavy (non-hydrogen) atoms. The zero-order chi connectivity index (χ0) is 15.1. The first-order valence-corrected chi connectivity index (χ1v) is 7.16. The minimum atomic E-state index is 0.366. The van der Waals surface area contributed by atoms with Gasteiger partial charge in [-0.05, 0) is 31.0 Å². The molecule has 1 aromatic heterocycles. The van der Waals surface area contributed by atoms with Crippen molar-refractivity contribution in [3.05, 3.63) is 35.9 Å². The Morgan fingerprint density at radius 3 is 2.81 bits per heavy atom. The van der Waals surface area contributed by atoms with Crippen LogP contribution in [0, 0.1) is 0 Å². The van der Waals surface area contributed by atoms with Gasteiger partial charge in [-0.25, -0.2) is 4.98 Å². The number of nitrogens with zero attached hydrogens (tertiary/aromatic N) is 3. The van der Waals surface area contributed by atoms with Gasteiger partial charge in [0.25, 0.3) is 0 Å². The molecule has 6 nitrogen and oxygen atoms in total. The van der Waals surface area contributed by atoms with Crippen LogP contribution in [-0.2, 0) is 20.1 Å². The Morgan fingerprint density at radius 2 is 2.14 bits per heavy atom. The lowest BCUT2D eigenvalue weighted by molar-refractivity contribution is 0.280. The Morgan fingerprint density at radius 1 is 1.29 bits per heavy atom. The molecular formula is C15H22N4O2. The summed E-state index contributed by atoms with van der Waals surface area (Å²) < 4.78 is 13.2. The smallest absolute Gasteiger partial charge is 0.164 e. The van der Waals surface area contributed by atoms with Gasteiger partial charge in [-0.3, -0.25) is 4.68 Å². The third-order valence-electron chi connectivity index (χ3n) is 3.09. The molecule has 0 unspecified atom stereocenters. The Labute approximate surface area is 124 Å². The summed E-state index contributed by atoms with van der Waals surface area (Å²) in [7, 11) is 1.84. The molecule has 0 spiro atoms. The van der Waals surface area contributed by atoms with Crippen molar-refractivity contribution in [3.8, 4) is 11.5 Å². The van der Waals surface area contributed by atoms with Crippen LogP contribution in [0.1, 0.15) is 24.7 Å². The summed E-state index contributed by atoms with van der Waals surface area (Å²) in [5.41, 5.74) is 6.72. The monoisotopic (exact) mass is 290 g/mol. The van der Waals surface area contributed by atoms with E-state index in [0.29, 0.717) is 19.8 Å². The second-order valence-electron chi connectivity index (χ2n) is 4.75. The molecule has 1 aromatic carbocycles. The molecule has 2 aromatic rings. The lowest BCUT2D eigenvalue weighted by Gasteiger charge is -2.13. The molecule has 2 rings (SSSR count). The summed E-state index contributed by atoms with van der Waals surface area (Å²) in [5, 5.41) is 4.03. The number of aryl methyl sites for hydroxylation is 1. The molecule has 1 heterocycles. The minimum absolute atomic E-state index is 0.366. The first kappa shape index (κ1) is 15.3. The first-order chi connectivity index (χ1) is 10.2. The Bertz CT molecular complexity index is 569. The number of benzene rings is 1. The number of hydrogen-bond acceptors (Lipinski definition) is 5. The fraction of sp³-hybridized carbons (Fsp3) is 0.467.